The topological polar surface area (TPSA) is 74.3 Å². The number of carbonyl (C=O) groups excluding carboxylic acids is 1. The number of carbonyl (C=O) groups is 1. The van der Waals surface area contributed by atoms with Gasteiger partial charge in [-0.3, -0.25) is 9.89 Å². The summed E-state index contributed by atoms with van der Waals surface area (Å²) in [6.07, 6.45) is 1.01. The lowest BCUT2D eigenvalue weighted by Crippen LogP contribution is -2.35. The number of likely N-dealkylation sites (tertiary alicyclic amines) is 1. The van der Waals surface area contributed by atoms with Crippen LogP contribution < -0.4 is 4.74 Å². The van der Waals surface area contributed by atoms with Gasteiger partial charge in [-0.15, -0.1) is 0 Å². The first kappa shape index (κ1) is 18.4. The van der Waals surface area contributed by atoms with Crippen LogP contribution in [0.25, 0.3) is 0 Å². The number of ether oxygens (including phenoxy) is 1. The molecule has 2 aromatic rings. The second-order valence-corrected chi connectivity index (χ2v) is 7.05. The number of benzene rings is 1. The van der Waals surface area contributed by atoms with Gasteiger partial charge in [-0.05, 0) is 38.7 Å². The third-order valence-corrected chi connectivity index (χ3v) is 5.05. The number of rotatable bonds is 6. The van der Waals surface area contributed by atoms with Crippen molar-refractivity contribution >= 4 is 5.91 Å². The molecule has 1 saturated heterocycles. The number of nitrogens with one attached hydrogen (secondary N) is 1. The molecule has 26 heavy (non-hydrogen) atoms. The Labute approximate surface area is 154 Å². The number of methoxy groups -OCH3 is 1. The number of amides is 1. The quantitative estimate of drug-likeness (QED) is 0.850. The molecule has 2 heterocycles. The van der Waals surface area contributed by atoms with E-state index < -0.39 is 0 Å². The van der Waals surface area contributed by atoms with Crippen LogP contribution in [0.1, 0.15) is 29.6 Å². The van der Waals surface area contributed by atoms with Crippen molar-refractivity contribution in [1.82, 2.24) is 25.0 Å². The maximum Gasteiger partial charge on any atom is 0.223 e. The van der Waals surface area contributed by atoms with Crippen LogP contribution in [-0.2, 0) is 11.2 Å². The molecule has 1 aromatic carbocycles. The van der Waals surface area contributed by atoms with Crippen LogP contribution in [0, 0.1) is 6.92 Å². The second-order valence-electron chi connectivity index (χ2n) is 7.05. The molecule has 7 nitrogen and oxygen atoms in total. The number of hydrogen-bond acceptors (Lipinski definition) is 5. The van der Waals surface area contributed by atoms with Crippen molar-refractivity contribution < 1.29 is 9.53 Å². The monoisotopic (exact) mass is 357 g/mol. The zero-order chi connectivity index (χ0) is 18.7. The Hall–Kier alpha value is -2.41. The molecule has 1 aliphatic heterocycles. The molecule has 1 fully saturated rings. The van der Waals surface area contributed by atoms with Crippen LogP contribution in [0.3, 0.4) is 0 Å². The summed E-state index contributed by atoms with van der Waals surface area (Å²) in [6.45, 7) is 3.34. The molecule has 1 aliphatic rings. The van der Waals surface area contributed by atoms with Crippen LogP contribution in [0.4, 0.5) is 0 Å². The molecule has 1 aromatic heterocycles. The average Bonchev–Trinajstić information content (AvgIpc) is 3.26. The van der Waals surface area contributed by atoms with Crippen molar-refractivity contribution in [2.75, 3.05) is 34.3 Å². The standard InChI is InChI=1S/C19H27N5O2/c1-13-20-18(22-21-13)9-10-19(25)24-11-16(17(12-24)23(2)3)14-5-7-15(26-4)8-6-14/h5-8,16-17H,9-12H2,1-4H3,(H,20,21,22). The van der Waals surface area contributed by atoms with Gasteiger partial charge in [0.25, 0.3) is 0 Å². The van der Waals surface area contributed by atoms with Crippen molar-refractivity contribution in [1.29, 1.82) is 0 Å². The van der Waals surface area contributed by atoms with Crippen molar-refractivity contribution in [2.24, 2.45) is 0 Å². The number of aromatic nitrogens is 3. The van der Waals surface area contributed by atoms with E-state index in [0.29, 0.717) is 30.6 Å². The first-order valence-corrected chi connectivity index (χ1v) is 8.94. The van der Waals surface area contributed by atoms with E-state index in [9.17, 15) is 4.79 Å². The molecule has 3 rings (SSSR count). The number of H-pyrrole nitrogens is 1. The Morgan fingerprint density at radius 3 is 2.62 bits per heavy atom. The highest BCUT2D eigenvalue weighted by Crippen LogP contribution is 2.31. The molecule has 2 unspecified atom stereocenters. The summed E-state index contributed by atoms with van der Waals surface area (Å²) in [7, 11) is 5.82. The summed E-state index contributed by atoms with van der Waals surface area (Å²) >= 11 is 0. The summed E-state index contributed by atoms with van der Waals surface area (Å²) in [5.41, 5.74) is 1.24. The number of aromatic amines is 1. The summed E-state index contributed by atoms with van der Waals surface area (Å²) < 4.78 is 5.25. The molecule has 2 atom stereocenters. The van der Waals surface area contributed by atoms with E-state index in [1.807, 2.05) is 24.0 Å². The van der Waals surface area contributed by atoms with Gasteiger partial charge in [0.1, 0.15) is 11.6 Å². The van der Waals surface area contributed by atoms with Crippen molar-refractivity contribution in [3.63, 3.8) is 0 Å². The Morgan fingerprint density at radius 1 is 1.31 bits per heavy atom. The maximum atomic E-state index is 12.7. The van der Waals surface area contributed by atoms with Gasteiger partial charge in [0.15, 0.2) is 5.82 Å². The third kappa shape index (κ3) is 4.04. The van der Waals surface area contributed by atoms with Gasteiger partial charge in [-0.25, -0.2) is 4.98 Å². The molecule has 0 aliphatic carbocycles. The second kappa shape index (κ2) is 7.86. The third-order valence-electron chi connectivity index (χ3n) is 5.05. The molecule has 0 spiro atoms. The van der Waals surface area contributed by atoms with Gasteiger partial charge in [0.2, 0.25) is 5.91 Å². The SMILES string of the molecule is COc1ccc(C2CN(C(=O)CCc3n[nH]c(C)n3)CC2N(C)C)cc1. The minimum Gasteiger partial charge on any atom is -0.497 e. The predicted octanol–water partition coefficient (Wildman–Crippen LogP) is 1.61. The number of aryl methyl sites for hydroxylation is 2. The Morgan fingerprint density at radius 2 is 2.04 bits per heavy atom. The largest absolute Gasteiger partial charge is 0.497 e. The molecule has 0 saturated carbocycles. The van der Waals surface area contributed by atoms with Crippen LogP contribution in [0.5, 0.6) is 5.75 Å². The lowest BCUT2D eigenvalue weighted by atomic mass is 9.93. The van der Waals surface area contributed by atoms with E-state index in [1.54, 1.807) is 7.11 Å². The number of likely N-dealkylation sites (N-methyl/N-ethyl adjacent to an activating group) is 1. The van der Waals surface area contributed by atoms with E-state index in [2.05, 4.69) is 46.3 Å². The zero-order valence-corrected chi connectivity index (χ0v) is 15.9. The fraction of sp³-hybridized carbons (Fsp3) is 0.526. The molecule has 1 amide bonds. The van der Waals surface area contributed by atoms with Gasteiger partial charge in [-0.2, -0.15) is 5.10 Å². The smallest absolute Gasteiger partial charge is 0.223 e. The van der Waals surface area contributed by atoms with Gasteiger partial charge >= 0.3 is 0 Å². The first-order valence-electron chi connectivity index (χ1n) is 8.94. The van der Waals surface area contributed by atoms with Gasteiger partial charge in [-0.1, -0.05) is 12.1 Å². The lowest BCUT2D eigenvalue weighted by molar-refractivity contribution is -0.130. The molecular weight excluding hydrogens is 330 g/mol. The van der Waals surface area contributed by atoms with Crippen molar-refractivity contribution in [2.45, 2.75) is 31.7 Å². The molecular formula is C19H27N5O2. The summed E-state index contributed by atoms with van der Waals surface area (Å²) in [5.74, 6) is 2.79. The fourth-order valence-electron chi connectivity index (χ4n) is 3.57. The molecule has 1 N–H and O–H groups in total. The van der Waals surface area contributed by atoms with E-state index in [4.69, 9.17) is 4.74 Å². The molecule has 0 radical (unpaired) electrons. The minimum absolute atomic E-state index is 0.162. The van der Waals surface area contributed by atoms with Gasteiger partial charge in [0.05, 0.1) is 7.11 Å². The highest BCUT2D eigenvalue weighted by molar-refractivity contribution is 5.77. The average molecular weight is 357 g/mol. The summed E-state index contributed by atoms with van der Waals surface area (Å²) in [5, 5.41) is 6.93. The Kier molecular flexibility index (Phi) is 5.56. The normalized spacial score (nSPS) is 20.0. The fourth-order valence-corrected chi connectivity index (χ4v) is 3.57. The highest BCUT2D eigenvalue weighted by atomic mass is 16.5. The highest BCUT2D eigenvalue weighted by Gasteiger charge is 2.37. The van der Waals surface area contributed by atoms with E-state index in [1.165, 1.54) is 5.56 Å². The zero-order valence-electron chi connectivity index (χ0n) is 15.9. The Balaban J connectivity index is 1.66. The van der Waals surface area contributed by atoms with Crippen molar-refractivity contribution in [3.05, 3.63) is 41.5 Å². The Bertz CT molecular complexity index is 741. The van der Waals surface area contributed by atoms with Crippen LogP contribution in [-0.4, -0.2) is 71.2 Å². The lowest BCUT2D eigenvalue weighted by Gasteiger charge is -2.25. The molecule has 7 heteroatoms. The van der Waals surface area contributed by atoms with Gasteiger partial charge < -0.3 is 14.5 Å². The van der Waals surface area contributed by atoms with Gasteiger partial charge in [0, 0.05) is 37.9 Å². The van der Waals surface area contributed by atoms with E-state index in [0.717, 1.165) is 24.7 Å². The predicted molar refractivity (Wildman–Crippen MR) is 99.2 cm³/mol. The van der Waals surface area contributed by atoms with Crippen LogP contribution >= 0.6 is 0 Å². The maximum absolute atomic E-state index is 12.7. The molecule has 0 bridgehead atoms. The van der Waals surface area contributed by atoms with Crippen LogP contribution in [0.15, 0.2) is 24.3 Å². The summed E-state index contributed by atoms with van der Waals surface area (Å²) in [4.78, 5) is 21.1. The van der Waals surface area contributed by atoms with Crippen LogP contribution in [0.2, 0.25) is 0 Å². The van der Waals surface area contributed by atoms with E-state index >= 15 is 0 Å². The van der Waals surface area contributed by atoms with Crippen molar-refractivity contribution in [3.8, 4) is 5.75 Å². The van der Waals surface area contributed by atoms with E-state index in [-0.39, 0.29) is 5.91 Å². The number of hydrogen-bond donors (Lipinski definition) is 1. The minimum atomic E-state index is 0.162. The number of nitrogens with zero attached hydrogens (tertiary/aromatic N) is 4. The first-order chi connectivity index (χ1) is 12.5. The summed E-state index contributed by atoms with van der Waals surface area (Å²) in [6, 6.07) is 8.48. The molecule has 140 valence electrons.